The maximum atomic E-state index is 8.54. The molecule has 1 nitrogen and oxygen atoms in total. The third-order valence-corrected chi connectivity index (χ3v) is 5.26. The molecule has 0 unspecified atom stereocenters. The van der Waals surface area contributed by atoms with Crippen molar-refractivity contribution in [2.24, 2.45) is 5.92 Å². The van der Waals surface area contributed by atoms with Crippen molar-refractivity contribution in [1.82, 2.24) is 0 Å². The highest BCUT2D eigenvalue weighted by Crippen LogP contribution is 2.15. The van der Waals surface area contributed by atoms with Crippen LogP contribution in [0.15, 0.2) is 12.3 Å². The molecule has 25 heavy (non-hydrogen) atoms. The van der Waals surface area contributed by atoms with Crippen LogP contribution in [0.1, 0.15) is 136 Å². The van der Waals surface area contributed by atoms with Crippen molar-refractivity contribution in [2.75, 3.05) is 0 Å². The monoisotopic (exact) mass is 352 g/mol. The Morgan fingerprint density at radius 3 is 1.16 bits per heavy atom. The maximum Gasteiger partial charge on any atom is 0.0751 e. The van der Waals surface area contributed by atoms with Gasteiger partial charge in [0.05, 0.1) is 6.26 Å². The summed E-state index contributed by atoms with van der Waals surface area (Å²) in [5.41, 5.74) is 0. The number of hydrogen-bond acceptors (Lipinski definition) is 1. The third kappa shape index (κ3) is 23.5. The van der Waals surface area contributed by atoms with E-state index in [0.717, 1.165) is 12.3 Å². The summed E-state index contributed by atoms with van der Waals surface area (Å²) in [4.78, 5) is 0. The standard InChI is InChI=1S/C24H48O/c1-24(2)22-20-18-16-14-12-10-8-6-4-3-5-7-9-11-13-15-17-19-21-23-25/h21,23-25H,3-20,22H2,1-2H3. The average molecular weight is 353 g/mol. The minimum absolute atomic E-state index is 0.889. The highest BCUT2D eigenvalue weighted by Gasteiger charge is 1.96. The molecule has 0 aliphatic heterocycles. The first-order valence-corrected chi connectivity index (χ1v) is 11.6. The fourth-order valence-electron chi connectivity index (χ4n) is 3.54. The SMILES string of the molecule is CC(C)CCCCCCCCCCCCCCCCCCCC=CO. The second kappa shape index (κ2) is 21.6. The van der Waals surface area contributed by atoms with Crippen LogP contribution in [0.25, 0.3) is 0 Å². The van der Waals surface area contributed by atoms with Crippen LogP contribution < -0.4 is 0 Å². The molecule has 0 atom stereocenters. The van der Waals surface area contributed by atoms with Gasteiger partial charge in [-0.3, -0.25) is 0 Å². The van der Waals surface area contributed by atoms with Gasteiger partial charge in [0.15, 0.2) is 0 Å². The largest absolute Gasteiger partial charge is 0.516 e. The molecular formula is C24H48O. The number of allylic oxidation sites excluding steroid dienone is 1. The van der Waals surface area contributed by atoms with Crippen molar-refractivity contribution in [3.05, 3.63) is 12.3 Å². The van der Waals surface area contributed by atoms with Crippen LogP contribution in [-0.4, -0.2) is 5.11 Å². The molecule has 0 fully saturated rings. The lowest BCUT2D eigenvalue weighted by Crippen LogP contribution is -1.87. The van der Waals surface area contributed by atoms with Gasteiger partial charge in [0.25, 0.3) is 0 Å². The molecule has 0 radical (unpaired) electrons. The molecule has 0 saturated carbocycles. The Morgan fingerprint density at radius 1 is 0.520 bits per heavy atom. The summed E-state index contributed by atoms with van der Waals surface area (Å²) in [7, 11) is 0. The molecule has 0 aromatic rings. The molecule has 0 bridgehead atoms. The first kappa shape index (κ1) is 24.5. The van der Waals surface area contributed by atoms with E-state index in [1.807, 2.05) is 6.08 Å². The van der Waals surface area contributed by atoms with E-state index in [4.69, 9.17) is 5.11 Å². The minimum Gasteiger partial charge on any atom is -0.516 e. The molecule has 0 aromatic carbocycles. The van der Waals surface area contributed by atoms with E-state index >= 15 is 0 Å². The summed E-state index contributed by atoms with van der Waals surface area (Å²) in [5, 5.41) is 8.54. The second-order valence-corrected chi connectivity index (χ2v) is 8.37. The van der Waals surface area contributed by atoms with Crippen molar-refractivity contribution < 1.29 is 5.11 Å². The molecule has 0 saturated heterocycles. The van der Waals surface area contributed by atoms with E-state index in [1.165, 1.54) is 122 Å². The normalized spacial score (nSPS) is 11.8. The van der Waals surface area contributed by atoms with E-state index < -0.39 is 0 Å². The molecule has 0 rings (SSSR count). The zero-order chi connectivity index (χ0) is 18.4. The van der Waals surface area contributed by atoms with Crippen molar-refractivity contribution in [3.8, 4) is 0 Å². The third-order valence-electron chi connectivity index (χ3n) is 5.26. The van der Waals surface area contributed by atoms with Gasteiger partial charge in [0.2, 0.25) is 0 Å². The number of aliphatic hydroxyl groups is 1. The van der Waals surface area contributed by atoms with Crippen molar-refractivity contribution in [2.45, 2.75) is 136 Å². The number of hydrogen-bond donors (Lipinski definition) is 1. The van der Waals surface area contributed by atoms with Gasteiger partial charge in [0, 0.05) is 0 Å². The van der Waals surface area contributed by atoms with Crippen LogP contribution in [-0.2, 0) is 0 Å². The molecule has 0 aliphatic rings. The Balaban J connectivity index is 2.98. The average Bonchev–Trinajstić information content (AvgIpc) is 2.60. The molecule has 150 valence electrons. The van der Waals surface area contributed by atoms with E-state index in [2.05, 4.69) is 13.8 Å². The summed E-state index contributed by atoms with van der Waals surface area (Å²) in [6.07, 6.45) is 29.7. The van der Waals surface area contributed by atoms with E-state index in [0.29, 0.717) is 0 Å². The van der Waals surface area contributed by atoms with Crippen LogP contribution in [0.5, 0.6) is 0 Å². The van der Waals surface area contributed by atoms with Gasteiger partial charge in [0.1, 0.15) is 0 Å². The minimum atomic E-state index is 0.889. The van der Waals surface area contributed by atoms with Crippen LogP contribution >= 0.6 is 0 Å². The van der Waals surface area contributed by atoms with Gasteiger partial charge in [-0.1, -0.05) is 129 Å². The van der Waals surface area contributed by atoms with E-state index in [1.54, 1.807) is 0 Å². The lowest BCUT2D eigenvalue weighted by Gasteiger charge is -2.05. The summed E-state index contributed by atoms with van der Waals surface area (Å²) >= 11 is 0. The van der Waals surface area contributed by atoms with Crippen molar-refractivity contribution >= 4 is 0 Å². The van der Waals surface area contributed by atoms with Crippen LogP contribution in [0.2, 0.25) is 0 Å². The van der Waals surface area contributed by atoms with Crippen LogP contribution in [0.4, 0.5) is 0 Å². The number of unbranched alkanes of at least 4 members (excludes halogenated alkanes) is 17. The molecule has 0 amide bonds. The number of aliphatic hydroxyl groups excluding tert-OH is 1. The highest BCUT2D eigenvalue weighted by molar-refractivity contribution is 4.70. The predicted octanol–water partition coefficient (Wildman–Crippen LogP) is 9.13. The molecule has 0 aliphatic carbocycles. The molecule has 1 heteroatoms. The Morgan fingerprint density at radius 2 is 0.840 bits per heavy atom. The topological polar surface area (TPSA) is 20.2 Å². The van der Waals surface area contributed by atoms with E-state index in [-0.39, 0.29) is 0 Å². The molecule has 1 N–H and O–H groups in total. The smallest absolute Gasteiger partial charge is 0.0751 e. The first-order chi connectivity index (χ1) is 12.3. The van der Waals surface area contributed by atoms with Crippen molar-refractivity contribution in [1.29, 1.82) is 0 Å². The van der Waals surface area contributed by atoms with E-state index in [9.17, 15) is 0 Å². The summed E-state index contributed by atoms with van der Waals surface area (Å²) in [5.74, 6) is 0.889. The molecule has 0 heterocycles. The highest BCUT2D eigenvalue weighted by atomic mass is 16.2. The fraction of sp³-hybridized carbons (Fsp3) is 0.917. The summed E-state index contributed by atoms with van der Waals surface area (Å²) in [6, 6.07) is 0. The Hall–Kier alpha value is -0.460. The van der Waals surface area contributed by atoms with Gasteiger partial charge >= 0.3 is 0 Å². The zero-order valence-corrected chi connectivity index (χ0v) is 17.6. The molecular weight excluding hydrogens is 304 g/mol. The lowest BCUT2D eigenvalue weighted by atomic mass is 10.0. The van der Waals surface area contributed by atoms with Gasteiger partial charge in [-0.15, -0.1) is 0 Å². The van der Waals surface area contributed by atoms with Gasteiger partial charge < -0.3 is 5.11 Å². The van der Waals surface area contributed by atoms with Crippen LogP contribution in [0, 0.1) is 5.92 Å². The van der Waals surface area contributed by atoms with Crippen LogP contribution in [0.3, 0.4) is 0 Å². The number of rotatable bonds is 20. The maximum absolute atomic E-state index is 8.54. The van der Waals surface area contributed by atoms with Gasteiger partial charge in [-0.2, -0.15) is 0 Å². The lowest BCUT2D eigenvalue weighted by molar-refractivity contribution is 0.469. The predicted molar refractivity (Wildman–Crippen MR) is 114 cm³/mol. The summed E-state index contributed by atoms with van der Waals surface area (Å²) in [6.45, 7) is 4.67. The summed E-state index contributed by atoms with van der Waals surface area (Å²) < 4.78 is 0. The zero-order valence-electron chi connectivity index (χ0n) is 17.6. The Bertz CT molecular complexity index is 257. The van der Waals surface area contributed by atoms with Gasteiger partial charge in [-0.05, 0) is 18.8 Å². The second-order valence-electron chi connectivity index (χ2n) is 8.37. The first-order valence-electron chi connectivity index (χ1n) is 11.6. The molecule has 0 aromatic heterocycles. The Kier molecular flexibility index (Phi) is 21.2. The molecule has 0 spiro atoms. The van der Waals surface area contributed by atoms with Crippen molar-refractivity contribution in [3.63, 3.8) is 0 Å². The Labute approximate surface area is 159 Å². The van der Waals surface area contributed by atoms with Gasteiger partial charge in [-0.25, -0.2) is 0 Å². The quantitative estimate of drug-likeness (QED) is 0.171. The fourth-order valence-corrected chi connectivity index (χ4v) is 3.54.